The fraction of sp³-hybridized carbons (Fsp3) is 0.571. The molecule has 1 saturated carbocycles. The van der Waals surface area contributed by atoms with E-state index < -0.39 is 42.5 Å². The van der Waals surface area contributed by atoms with Gasteiger partial charge in [0.2, 0.25) is 6.29 Å². The number of aliphatic hydroxyl groups is 2. The van der Waals surface area contributed by atoms with Crippen LogP contribution in [-0.4, -0.2) is 59.5 Å². The number of hydrogen-bond donors (Lipinski definition) is 2. The van der Waals surface area contributed by atoms with Crippen molar-refractivity contribution >= 4 is 29.4 Å². The molecule has 166 valence electrons. The van der Waals surface area contributed by atoms with Gasteiger partial charge in [-0.15, -0.1) is 0 Å². The SMILES string of the molecule is CC(OC(=O)N(C)C1(c2ccccc2Cl)CCCCC1=O)OC(=O)C(C)(CO)CO. The van der Waals surface area contributed by atoms with Gasteiger partial charge in [0.05, 0.1) is 13.2 Å². The first-order valence-corrected chi connectivity index (χ1v) is 10.2. The first-order valence-electron chi connectivity index (χ1n) is 9.78. The molecule has 0 heterocycles. The van der Waals surface area contributed by atoms with Crippen molar-refractivity contribution in [2.75, 3.05) is 20.3 Å². The molecule has 9 heteroatoms. The molecule has 0 saturated heterocycles. The number of carbonyl (C=O) groups is 3. The maximum Gasteiger partial charge on any atom is 0.413 e. The molecule has 0 spiro atoms. The predicted molar refractivity (Wildman–Crippen MR) is 109 cm³/mol. The first kappa shape index (κ1) is 24.1. The number of Topliss-reactive ketones (excluding diaryl/α,β-unsaturated/α-hetero) is 1. The van der Waals surface area contributed by atoms with Crippen LogP contribution in [0.4, 0.5) is 4.79 Å². The highest BCUT2D eigenvalue weighted by Crippen LogP contribution is 2.42. The third kappa shape index (κ3) is 4.61. The van der Waals surface area contributed by atoms with Gasteiger partial charge < -0.3 is 19.7 Å². The number of esters is 1. The molecule has 0 radical (unpaired) electrons. The number of likely N-dealkylation sites (N-methyl/N-ethyl adjacent to an activating group) is 1. The second-order valence-corrected chi connectivity index (χ2v) is 8.17. The molecular formula is C21H28ClNO7. The summed E-state index contributed by atoms with van der Waals surface area (Å²) in [4.78, 5) is 39.3. The highest BCUT2D eigenvalue weighted by Gasteiger charge is 2.49. The Morgan fingerprint density at radius 3 is 2.43 bits per heavy atom. The summed E-state index contributed by atoms with van der Waals surface area (Å²) in [5, 5.41) is 19.0. The van der Waals surface area contributed by atoms with Gasteiger partial charge in [-0.1, -0.05) is 29.8 Å². The summed E-state index contributed by atoms with van der Waals surface area (Å²) >= 11 is 6.37. The van der Waals surface area contributed by atoms with Crippen LogP contribution in [0.25, 0.3) is 0 Å². The van der Waals surface area contributed by atoms with Gasteiger partial charge in [-0.2, -0.15) is 0 Å². The lowest BCUT2D eigenvalue weighted by atomic mass is 9.74. The number of hydrogen-bond acceptors (Lipinski definition) is 7. The van der Waals surface area contributed by atoms with Gasteiger partial charge >= 0.3 is 12.1 Å². The zero-order valence-electron chi connectivity index (χ0n) is 17.4. The van der Waals surface area contributed by atoms with Crippen LogP contribution in [-0.2, 0) is 24.6 Å². The quantitative estimate of drug-likeness (QED) is 0.493. The van der Waals surface area contributed by atoms with Crippen LogP contribution in [0.3, 0.4) is 0 Å². The van der Waals surface area contributed by atoms with Crippen molar-refractivity contribution in [3.05, 3.63) is 34.9 Å². The lowest BCUT2D eigenvalue weighted by molar-refractivity contribution is -0.183. The Morgan fingerprint density at radius 1 is 1.23 bits per heavy atom. The summed E-state index contributed by atoms with van der Waals surface area (Å²) < 4.78 is 10.3. The number of benzene rings is 1. The van der Waals surface area contributed by atoms with E-state index in [-0.39, 0.29) is 5.78 Å². The third-order valence-corrected chi connectivity index (χ3v) is 5.88. The number of halogens is 1. The second-order valence-electron chi connectivity index (χ2n) is 7.76. The third-order valence-electron chi connectivity index (χ3n) is 5.55. The Labute approximate surface area is 180 Å². The Kier molecular flexibility index (Phi) is 7.85. The molecule has 1 aliphatic rings. The van der Waals surface area contributed by atoms with Crippen molar-refractivity contribution in [1.29, 1.82) is 0 Å². The monoisotopic (exact) mass is 441 g/mol. The number of amides is 1. The normalized spacial score (nSPS) is 20.4. The van der Waals surface area contributed by atoms with E-state index in [4.69, 9.17) is 21.1 Å². The summed E-state index contributed by atoms with van der Waals surface area (Å²) in [7, 11) is 1.45. The minimum atomic E-state index is -1.52. The fourth-order valence-electron chi connectivity index (χ4n) is 3.50. The van der Waals surface area contributed by atoms with E-state index in [1.54, 1.807) is 24.3 Å². The van der Waals surface area contributed by atoms with E-state index in [0.717, 1.165) is 12.8 Å². The van der Waals surface area contributed by atoms with Crippen LogP contribution in [0.5, 0.6) is 0 Å². The average Bonchev–Trinajstić information content (AvgIpc) is 2.73. The van der Waals surface area contributed by atoms with E-state index in [2.05, 4.69) is 0 Å². The molecule has 30 heavy (non-hydrogen) atoms. The van der Waals surface area contributed by atoms with E-state index in [1.807, 2.05) is 0 Å². The van der Waals surface area contributed by atoms with Gasteiger partial charge in [0, 0.05) is 31.0 Å². The molecule has 2 atom stereocenters. The summed E-state index contributed by atoms with van der Waals surface area (Å²) in [6.45, 7) is 1.40. The lowest BCUT2D eigenvalue weighted by Crippen LogP contribution is -2.55. The minimum absolute atomic E-state index is 0.140. The van der Waals surface area contributed by atoms with Crippen LogP contribution in [0, 0.1) is 5.41 Å². The van der Waals surface area contributed by atoms with Crippen LogP contribution in [0.2, 0.25) is 5.02 Å². The average molecular weight is 442 g/mol. The van der Waals surface area contributed by atoms with Gasteiger partial charge in [-0.3, -0.25) is 14.5 Å². The maximum absolute atomic E-state index is 13.0. The molecular weight excluding hydrogens is 414 g/mol. The van der Waals surface area contributed by atoms with Crippen LogP contribution < -0.4 is 0 Å². The predicted octanol–water partition coefficient (Wildman–Crippen LogP) is 2.63. The first-order chi connectivity index (χ1) is 14.1. The molecule has 2 rings (SSSR count). The molecule has 0 aromatic heterocycles. The maximum atomic E-state index is 13.0. The summed E-state index contributed by atoms with van der Waals surface area (Å²) in [6.07, 6.45) is -0.0128. The van der Waals surface area contributed by atoms with E-state index in [0.29, 0.717) is 23.4 Å². The van der Waals surface area contributed by atoms with Crippen LogP contribution in [0.1, 0.15) is 45.1 Å². The van der Waals surface area contributed by atoms with Crippen molar-refractivity contribution in [1.82, 2.24) is 4.90 Å². The summed E-state index contributed by atoms with van der Waals surface area (Å²) in [5.41, 5.74) is -2.28. The number of rotatable bonds is 7. The Balaban J connectivity index is 2.24. The smallest absolute Gasteiger partial charge is 0.413 e. The molecule has 0 bridgehead atoms. The zero-order valence-corrected chi connectivity index (χ0v) is 18.1. The number of ketones is 1. The Bertz CT molecular complexity index is 795. The van der Waals surface area contributed by atoms with E-state index in [9.17, 15) is 24.6 Å². The summed E-state index contributed by atoms with van der Waals surface area (Å²) in [6, 6.07) is 6.87. The number of ether oxygens (including phenoxy) is 2. The van der Waals surface area contributed by atoms with Crippen molar-refractivity contribution < 1.29 is 34.1 Å². The topological polar surface area (TPSA) is 113 Å². The highest BCUT2D eigenvalue weighted by atomic mass is 35.5. The number of aliphatic hydroxyl groups excluding tert-OH is 2. The largest absolute Gasteiger partial charge is 0.425 e. The van der Waals surface area contributed by atoms with Gasteiger partial charge in [-0.05, 0) is 32.3 Å². The van der Waals surface area contributed by atoms with E-state index >= 15 is 0 Å². The molecule has 0 aliphatic heterocycles. The van der Waals surface area contributed by atoms with Crippen molar-refractivity contribution in [2.24, 2.45) is 5.41 Å². The Morgan fingerprint density at radius 2 is 1.87 bits per heavy atom. The molecule has 8 nitrogen and oxygen atoms in total. The molecule has 1 aliphatic carbocycles. The summed E-state index contributed by atoms with van der Waals surface area (Å²) in [5.74, 6) is -1.05. The molecule has 1 amide bonds. The number of nitrogens with zero attached hydrogens (tertiary/aromatic N) is 1. The second kappa shape index (κ2) is 9.76. The lowest BCUT2D eigenvalue weighted by Gasteiger charge is -2.43. The minimum Gasteiger partial charge on any atom is -0.425 e. The van der Waals surface area contributed by atoms with Crippen molar-refractivity contribution in [2.45, 2.75) is 51.4 Å². The van der Waals surface area contributed by atoms with E-state index in [1.165, 1.54) is 25.8 Å². The molecule has 1 aromatic rings. The van der Waals surface area contributed by atoms with Crippen molar-refractivity contribution in [3.8, 4) is 0 Å². The van der Waals surface area contributed by atoms with Gasteiger partial charge in [0.1, 0.15) is 11.0 Å². The zero-order chi connectivity index (χ0) is 22.5. The van der Waals surface area contributed by atoms with Crippen molar-refractivity contribution in [3.63, 3.8) is 0 Å². The molecule has 2 N–H and O–H groups in total. The molecule has 1 fully saturated rings. The molecule has 2 unspecified atom stereocenters. The van der Waals surface area contributed by atoms with Crippen LogP contribution in [0.15, 0.2) is 24.3 Å². The highest BCUT2D eigenvalue weighted by molar-refractivity contribution is 6.31. The van der Waals surface area contributed by atoms with Gasteiger partial charge in [0.15, 0.2) is 5.78 Å². The van der Waals surface area contributed by atoms with Gasteiger partial charge in [-0.25, -0.2) is 4.79 Å². The van der Waals surface area contributed by atoms with Gasteiger partial charge in [0.25, 0.3) is 0 Å². The fourth-order valence-corrected chi connectivity index (χ4v) is 3.79. The number of carbonyl (C=O) groups excluding carboxylic acids is 3. The standard InChI is InChI=1S/C21H28ClNO7/c1-14(29-18(27)20(2,12-24)13-25)30-19(28)23(3)21(11-7-6-10-17(21)26)15-8-4-5-9-16(15)22/h4-5,8-9,14,24-25H,6-7,10-13H2,1-3H3. The molecule has 1 aromatic carbocycles. The van der Waals surface area contributed by atoms with Crippen LogP contribution >= 0.6 is 11.6 Å². The Hall–Kier alpha value is -2.16.